The van der Waals surface area contributed by atoms with E-state index in [-0.39, 0.29) is 0 Å². The molecule has 0 amide bonds. The normalized spacial score (nSPS) is 15.2. The lowest BCUT2D eigenvalue weighted by atomic mass is 10.2. The fourth-order valence-electron chi connectivity index (χ4n) is 1.72. The van der Waals surface area contributed by atoms with E-state index in [9.17, 15) is 4.79 Å². The lowest BCUT2D eigenvalue weighted by Gasteiger charge is -2.01. The molecule has 1 saturated carbocycles. The SMILES string of the molecule is O=C(O)c1ccc(CNCCCC2CC2)s1. The Morgan fingerprint density at radius 3 is 2.94 bits per heavy atom. The number of rotatable bonds is 7. The fraction of sp³-hybridized carbons (Fsp3) is 0.583. The average molecular weight is 239 g/mol. The third-order valence-electron chi connectivity index (χ3n) is 2.83. The maximum Gasteiger partial charge on any atom is 0.345 e. The van der Waals surface area contributed by atoms with Crippen LogP contribution in [0.2, 0.25) is 0 Å². The van der Waals surface area contributed by atoms with Gasteiger partial charge in [0.05, 0.1) is 0 Å². The maximum absolute atomic E-state index is 10.7. The van der Waals surface area contributed by atoms with Crippen LogP contribution in [0.4, 0.5) is 0 Å². The van der Waals surface area contributed by atoms with Crippen LogP contribution in [0.1, 0.15) is 40.2 Å². The van der Waals surface area contributed by atoms with E-state index in [1.807, 2.05) is 6.07 Å². The molecule has 16 heavy (non-hydrogen) atoms. The molecule has 1 aliphatic rings. The van der Waals surface area contributed by atoms with Gasteiger partial charge < -0.3 is 10.4 Å². The zero-order chi connectivity index (χ0) is 11.4. The second-order valence-electron chi connectivity index (χ2n) is 4.33. The molecule has 0 aliphatic heterocycles. The molecule has 4 heteroatoms. The van der Waals surface area contributed by atoms with E-state index in [2.05, 4.69) is 5.32 Å². The van der Waals surface area contributed by atoms with Gasteiger partial charge >= 0.3 is 5.97 Å². The predicted octanol–water partition coefficient (Wildman–Crippen LogP) is 2.73. The molecule has 0 unspecified atom stereocenters. The molecule has 1 heterocycles. The Hall–Kier alpha value is -0.870. The highest BCUT2D eigenvalue weighted by atomic mass is 32.1. The van der Waals surface area contributed by atoms with Crippen LogP contribution < -0.4 is 5.32 Å². The molecule has 0 saturated heterocycles. The molecule has 88 valence electrons. The van der Waals surface area contributed by atoms with Gasteiger partial charge in [-0.1, -0.05) is 12.8 Å². The third-order valence-corrected chi connectivity index (χ3v) is 3.91. The minimum absolute atomic E-state index is 0.426. The maximum atomic E-state index is 10.7. The largest absolute Gasteiger partial charge is 0.477 e. The summed E-state index contributed by atoms with van der Waals surface area (Å²) in [6.45, 7) is 1.83. The number of thiophene rings is 1. The van der Waals surface area contributed by atoms with Gasteiger partial charge in [-0.05, 0) is 37.4 Å². The molecule has 3 nitrogen and oxygen atoms in total. The second-order valence-corrected chi connectivity index (χ2v) is 5.50. The van der Waals surface area contributed by atoms with Crippen LogP contribution >= 0.6 is 11.3 Å². The van der Waals surface area contributed by atoms with Crippen molar-refractivity contribution < 1.29 is 9.90 Å². The van der Waals surface area contributed by atoms with E-state index in [0.717, 1.165) is 23.9 Å². The lowest BCUT2D eigenvalue weighted by molar-refractivity contribution is 0.0702. The summed E-state index contributed by atoms with van der Waals surface area (Å²) in [5.74, 6) is 0.173. The molecule has 2 rings (SSSR count). The molecule has 1 aromatic rings. The lowest BCUT2D eigenvalue weighted by Crippen LogP contribution is -2.13. The van der Waals surface area contributed by atoms with E-state index in [4.69, 9.17) is 5.11 Å². The van der Waals surface area contributed by atoms with Gasteiger partial charge in [0.15, 0.2) is 0 Å². The zero-order valence-corrected chi connectivity index (χ0v) is 10.1. The van der Waals surface area contributed by atoms with Gasteiger partial charge in [-0.3, -0.25) is 0 Å². The molecule has 1 aliphatic carbocycles. The first-order valence-corrected chi connectivity index (χ1v) is 6.60. The summed E-state index contributed by atoms with van der Waals surface area (Å²) in [5, 5.41) is 12.1. The second kappa shape index (κ2) is 5.46. The van der Waals surface area contributed by atoms with Crippen molar-refractivity contribution in [1.29, 1.82) is 0 Å². The van der Waals surface area contributed by atoms with Crippen molar-refractivity contribution in [3.63, 3.8) is 0 Å². The topological polar surface area (TPSA) is 49.3 Å². The Morgan fingerprint density at radius 1 is 1.50 bits per heavy atom. The van der Waals surface area contributed by atoms with Crippen LogP contribution in [0.5, 0.6) is 0 Å². The van der Waals surface area contributed by atoms with E-state index in [0.29, 0.717) is 4.88 Å². The summed E-state index contributed by atoms with van der Waals surface area (Å²) in [7, 11) is 0. The van der Waals surface area contributed by atoms with Crippen molar-refractivity contribution in [1.82, 2.24) is 5.32 Å². The Kier molecular flexibility index (Phi) is 3.96. The van der Waals surface area contributed by atoms with Gasteiger partial charge in [0.1, 0.15) is 4.88 Å². The quantitative estimate of drug-likeness (QED) is 0.719. The summed E-state index contributed by atoms with van der Waals surface area (Å²) < 4.78 is 0. The molecule has 0 spiro atoms. The van der Waals surface area contributed by atoms with E-state index in [1.54, 1.807) is 6.07 Å². The molecular weight excluding hydrogens is 222 g/mol. The minimum Gasteiger partial charge on any atom is -0.477 e. The van der Waals surface area contributed by atoms with Crippen LogP contribution in [0, 0.1) is 5.92 Å². The molecule has 0 atom stereocenters. The van der Waals surface area contributed by atoms with Crippen LogP contribution in [0.3, 0.4) is 0 Å². The van der Waals surface area contributed by atoms with Crippen molar-refractivity contribution in [3.05, 3.63) is 21.9 Å². The molecule has 0 aromatic carbocycles. The molecular formula is C12H17NO2S. The summed E-state index contributed by atoms with van der Waals surface area (Å²) >= 11 is 1.36. The number of carboxylic acids is 1. The highest BCUT2D eigenvalue weighted by molar-refractivity contribution is 7.13. The molecule has 1 fully saturated rings. The van der Waals surface area contributed by atoms with Gasteiger partial charge in [-0.25, -0.2) is 4.79 Å². The molecule has 1 aromatic heterocycles. The zero-order valence-electron chi connectivity index (χ0n) is 9.24. The van der Waals surface area contributed by atoms with Crippen LogP contribution in [0.25, 0.3) is 0 Å². The van der Waals surface area contributed by atoms with Crippen molar-refractivity contribution in [3.8, 4) is 0 Å². The first-order valence-electron chi connectivity index (χ1n) is 5.78. The van der Waals surface area contributed by atoms with Gasteiger partial charge in [-0.15, -0.1) is 11.3 Å². The Balaban J connectivity index is 1.62. The number of hydrogen-bond acceptors (Lipinski definition) is 3. The predicted molar refractivity (Wildman–Crippen MR) is 64.9 cm³/mol. The monoisotopic (exact) mass is 239 g/mol. The Morgan fingerprint density at radius 2 is 2.31 bits per heavy atom. The highest BCUT2D eigenvalue weighted by Gasteiger charge is 2.19. The summed E-state index contributed by atoms with van der Waals surface area (Å²) in [5.41, 5.74) is 0. The van der Waals surface area contributed by atoms with Crippen LogP contribution in [-0.4, -0.2) is 17.6 Å². The van der Waals surface area contributed by atoms with Crippen LogP contribution in [0.15, 0.2) is 12.1 Å². The van der Waals surface area contributed by atoms with Crippen molar-refractivity contribution >= 4 is 17.3 Å². The molecule has 0 radical (unpaired) electrons. The van der Waals surface area contributed by atoms with E-state index < -0.39 is 5.97 Å². The first-order chi connectivity index (χ1) is 7.75. The summed E-state index contributed by atoms with van der Waals surface area (Å²) in [4.78, 5) is 12.2. The van der Waals surface area contributed by atoms with Crippen LogP contribution in [-0.2, 0) is 6.54 Å². The first kappa shape index (κ1) is 11.6. The van der Waals surface area contributed by atoms with Gasteiger partial charge in [0, 0.05) is 11.4 Å². The average Bonchev–Trinajstić information content (AvgIpc) is 2.94. The number of carboxylic acid groups (broad SMARTS) is 1. The Bertz CT molecular complexity index is 358. The molecule has 2 N–H and O–H groups in total. The Labute approximate surface area is 99.5 Å². The van der Waals surface area contributed by atoms with Crippen molar-refractivity contribution in [2.24, 2.45) is 5.92 Å². The number of nitrogens with one attached hydrogen (secondary N) is 1. The number of carbonyl (C=O) groups is 1. The summed E-state index contributed by atoms with van der Waals surface area (Å²) in [6, 6.07) is 3.57. The van der Waals surface area contributed by atoms with Gasteiger partial charge in [0.2, 0.25) is 0 Å². The van der Waals surface area contributed by atoms with Crippen molar-refractivity contribution in [2.45, 2.75) is 32.2 Å². The number of aromatic carboxylic acids is 1. The minimum atomic E-state index is -0.829. The van der Waals surface area contributed by atoms with Crippen molar-refractivity contribution in [2.75, 3.05) is 6.54 Å². The van der Waals surface area contributed by atoms with E-state index in [1.165, 1.54) is 37.0 Å². The summed E-state index contributed by atoms with van der Waals surface area (Å²) in [6.07, 6.45) is 5.43. The van der Waals surface area contributed by atoms with Gasteiger partial charge in [-0.2, -0.15) is 0 Å². The number of hydrogen-bond donors (Lipinski definition) is 2. The standard InChI is InChI=1S/C12H17NO2S/c14-12(15)11-6-5-10(16-11)8-13-7-1-2-9-3-4-9/h5-6,9,13H,1-4,7-8H2,(H,14,15). The third kappa shape index (κ3) is 3.61. The fourth-order valence-corrected chi connectivity index (χ4v) is 2.54. The molecule has 0 bridgehead atoms. The highest BCUT2D eigenvalue weighted by Crippen LogP contribution is 2.33. The van der Waals surface area contributed by atoms with E-state index >= 15 is 0 Å². The van der Waals surface area contributed by atoms with Gasteiger partial charge in [0.25, 0.3) is 0 Å². The smallest absolute Gasteiger partial charge is 0.345 e.